The minimum atomic E-state index is -0.741. The first-order valence-electron chi connectivity index (χ1n) is 7.51. The smallest absolute Gasteiger partial charge is 0.232 e. The maximum atomic E-state index is 11.8. The molecule has 0 aromatic rings. The number of carbonyl (C=O) groups excluding carboxylic acids is 1. The lowest BCUT2D eigenvalue weighted by Crippen LogP contribution is -2.45. The maximum Gasteiger partial charge on any atom is 0.232 e. The molecule has 0 bridgehead atoms. The number of carbonyl (C=O) groups is 1. The van der Waals surface area contributed by atoms with Crippen LogP contribution in [0.25, 0.3) is 0 Å². The van der Waals surface area contributed by atoms with Crippen molar-refractivity contribution in [3.8, 4) is 0 Å². The van der Waals surface area contributed by atoms with Gasteiger partial charge in [-0.25, -0.2) is 0 Å². The molecule has 0 radical (unpaired) electrons. The third-order valence-electron chi connectivity index (χ3n) is 3.50. The molecular formula is C15H30N2OS. The summed E-state index contributed by atoms with van der Waals surface area (Å²) < 4.78 is 0. The van der Waals surface area contributed by atoms with Gasteiger partial charge in [-0.15, -0.1) is 0 Å². The van der Waals surface area contributed by atoms with E-state index >= 15 is 0 Å². The summed E-state index contributed by atoms with van der Waals surface area (Å²) in [6.45, 7) is 6.48. The van der Waals surface area contributed by atoms with E-state index in [1.165, 1.54) is 44.9 Å². The summed E-state index contributed by atoms with van der Waals surface area (Å²) in [6.07, 6.45) is 10.1. The fourth-order valence-corrected chi connectivity index (χ4v) is 1.89. The molecule has 112 valence electrons. The lowest BCUT2D eigenvalue weighted by Gasteiger charge is -2.21. The maximum absolute atomic E-state index is 11.8. The molecule has 0 aromatic carbocycles. The van der Waals surface area contributed by atoms with E-state index in [4.69, 9.17) is 18.0 Å². The van der Waals surface area contributed by atoms with Crippen LogP contribution in [0.2, 0.25) is 0 Å². The predicted molar refractivity (Wildman–Crippen MR) is 86.2 cm³/mol. The van der Waals surface area contributed by atoms with E-state index in [1.807, 2.05) is 0 Å². The second-order valence-corrected chi connectivity index (χ2v) is 6.16. The van der Waals surface area contributed by atoms with Crippen LogP contribution in [0.1, 0.15) is 72.1 Å². The molecule has 0 saturated heterocycles. The van der Waals surface area contributed by atoms with Crippen LogP contribution in [-0.2, 0) is 4.79 Å². The lowest BCUT2D eigenvalue weighted by molar-refractivity contribution is -0.126. The SMILES string of the molecule is CCCCCCCCCCNC(=O)C(C)(C)C(N)=S. The topological polar surface area (TPSA) is 55.1 Å². The van der Waals surface area contributed by atoms with Crippen molar-refractivity contribution < 1.29 is 4.79 Å². The third-order valence-corrected chi connectivity index (χ3v) is 4.01. The molecule has 0 unspecified atom stereocenters. The van der Waals surface area contributed by atoms with Gasteiger partial charge in [0.25, 0.3) is 0 Å². The van der Waals surface area contributed by atoms with Crippen LogP contribution < -0.4 is 11.1 Å². The number of hydrogen-bond acceptors (Lipinski definition) is 2. The third kappa shape index (κ3) is 8.19. The Bertz CT molecular complexity index is 277. The van der Waals surface area contributed by atoms with Crippen molar-refractivity contribution in [1.29, 1.82) is 0 Å². The zero-order valence-corrected chi connectivity index (χ0v) is 13.6. The zero-order chi connectivity index (χ0) is 14.7. The summed E-state index contributed by atoms with van der Waals surface area (Å²) in [5.74, 6) is -0.0667. The molecule has 0 rings (SSSR count). The zero-order valence-electron chi connectivity index (χ0n) is 12.8. The summed E-state index contributed by atoms with van der Waals surface area (Å²) >= 11 is 4.90. The van der Waals surface area contributed by atoms with Crippen LogP contribution in [0, 0.1) is 5.41 Å². The number of nitrogens with one attached hydrogen (secondary N) is 1. The summed E-state index contributed by atoms with van der Waals surface area (Å²) in [4.78, 5) is 12.1. The van der Waals surface area contributed by atoms with Crippen LogP contribution in [0.3, 0.4) is 0 Å². The van der Waals surface area contributed by atoms with Crippen molar-refractivity contribution in [3.63, 3.8) is 0 Å². The van der Waals surface area contributed by atoms with E-state index < -0.39 is 5.41 Å². The molecule has 0 heterocycles. The lowest BCUT2D eigenvalue weighted by atomic mass is 9.92. The molecule has 4 heteroatoms. The minimum Gasteiger partial charge on any atom is -0.392 e. The van der Waals surface area contributed by atoms with Crippen molar-refractivity contribution in [2.75, 3.05) is 6.54 Å². The van der Waals surface area contributed by atoms with E-state index in [9.17, 15) is 4.79 Å². The Hall–Kier alpha value is -0.640. The molecule has 0 fully saturated rings. The van der Waals surface area contributed by atoms with Gasteiger partial charge in [0.2, 0.25) is 5.91 Å². The average Bonchev–Trinajstić information content (AvgIpc) is 2.36. The van der Waals surface area contributed by atoms with E-state index in [1.54, 1.807) is 13.8 Å². The monoisotopic (exact) mass is 286 g/mol. The highest BCUT2D eigenvalue weighted by molar-refractivity contribution is 7.80. The summed E-state index contributed by atoms with van der Waals surface area (Å²) in [6, 6.07) is 0. The Morgan fingerprint density at radius 3 is 2.00 bits per heavy atom. The first-order valence-corrected chi connectivity index (χ1v) is 7.92. The van der Waals surface area contributed by atoms with Gasteiger partial charge in [0.15, 0.2) is 0 Å². The highest BCUT2D eigenvalue weighted by Gasteiger charge is 2.30. The van der Waals surface area contributed by atoms with Gasteiger partial charge in [0.05, 0.1) is 10.4 Å². The molecule has 0 aliphatic rings. The van der Waals surface area contributed by atoms with Crippen LogP contribution >= 0.6 is 12.2 Å². The minimum absolute atomic E-state index is 0.0667. The normalized spacial score (nSPS) is 11.3. The Labute approximate surface area is 123 Å². The van der Waals surface area contributed by atoms with Gasteiger partial charge in [-0.05, 0) is 20.3 Å². The Balaban J connectivity index is 3.50. The highest BCUT2D eigenvalue weighted by Crippen LogP contribution is 2.15. The van der Waals surface area contributed by atoms with Crippen molar-refractivity contribution in [2.24, 2.45) is 11.1 Å². The quantitative estimate of drug-likeness (QED) is 0.451. The summed E-state index contributed by atoms with van der Waals surface area (Å²) in [5, 5.41) is 2.91. The number of hydrogen-bond donors (Lipinski definition) is 2. The predicted octanol–water partition coefficient (Wildman–Crippen LogP) is 3.56. The number of rotatable bonds is 11. The number of thiocarbonyl (C=S) groups is 1. The van der Waals surface area contributed by atoms with Crippen LogP contribution in [0.4, 0.5) is 0 Å². The highest BCUT2D eigenvalue weighted by atomic mass is 32.1. The summed E-state index contributed by atoms with van der Waals surface area (Å²) in [7, 11) is 0. The molecule has 3 nitrogen and oxygen atoms in total. The van der Waals surface area contributed by atoms with E-state index in [0.717, 1.165) is 13.0 Å². The fourth-order valence-electron chi connectivity index (χ4n) is 1.79. The van der Waals surface area contributed by atoms with Crippen molar-refractivity contribution in [2.45, 2.75) is 72.1 Å². The molecule has 19 heavy (non-hydrogen) atoms. The number of unbranched alkanes of at least 4 members (excludes halogenated alkanes) is 7. The molecular weight excluding hydrogens is 256 g/mol. The van der Waals surface area contributed by atoms with Crippen LogP contribution in [-0.4, -0.2) is 17.4 Å². The van der Waals surface area contributed by atoms with E-state index in [2.05, 4.69) is 12.2 Å². The molecule has 1 amide bonds. The van der Waals surface area contributed by atoms with Gasteiger partial charge in [-0.1, -0.05) is 64.1 Å². The molecule has 0 spiro atoms. The van der Waals surface area contributed by atoms with Crippen molar-refractivity contribution >= 4 is 23.1 Å². The van der Waals surface area contributed by atoms with E-state index in [0.29, 0.717) is 0 Å². The first-order chi connectivity index (χ1) is 8.92. The van der Waals surface area contributed by atoms with Gasteiger partial charge in [-0.3, -0.25) is 4.79 Å². The Morgan fingerprint density at radius 1 is 1.05 bits per heavy atom. The summed E-state index contributed by atoms with van der Waals surface area (Å²) in [5.41, 5.74) is 4.81. The van der Waals surface area contributed by atoms with E-state index in [-0.39, 0.29) is 10.9 Å². The van der Waals surface area contributed by atoms with Gasteiger partial charge in [-0.2, -0.15) is 0 Å². The Kier molecular flexibility index (Phi) is 9.84. The van der Waals surface area contributed by atoms with Gasteiger partial charge >= 0.3 is 0 Å². The molecule has 0 aliphatic heterocycles. The number of amides is 1. The van der Waals surface area contributed by atoms with Crippen LogP contribution in [0.5, 0.6) is 0 Å². The molecule has 3 N–H and O–H groups in total. The second-order valence-electron chi connectivity index (χ2n) is 5.72. The second kappa shape index (κ2) is 10.2. The number of nitrogens with two attached hydrogens (primary N) is 1. The Morgan fingerprint density at radius 2 is 1.53 bits per heavy atom. The fraction of sp³-hybridized carbons (Fsp3) is 0.867. The van der Waals surface area contributed by atoms with Gasteiger partial charge < -0.3 is 11.1 Å². The first kappa shape index (κ1) is 18.4. The molecule has 0 aliphatic carbocycles. The van der Waals surface area contributed by atoms with Crippen molar-refractivity contribution in [1.82, 2.24) is 5.32 Å². The molecule has 0 aromatic heterocycles. The van der Waals surface area contributed by atoms with Gasteiger partial charge in [0, 0.05) is 6.54 Å². The van der Waals surface area contributed by atoms with Crippen molar-refractivity contribution in [3.05, 3.63) is 0 Å². The van der Waals surface area contributed by atoms with Gasteiger partial charge in [0.1, 0.15) is 0 Å². The average molecular weight is 286 g/mol. The van der Waals surface area contributed by atoms with Crippen LogP contribution in [0.15, 0.2) is 0 Å². The molecule has 0 saturated carbocycles. The molecule has 0 atom stereocenters. The standard InChI is InChI=1S/C15H30N2OS/c1-4-5-6-7-8-9-10-11-12-17-14(18)15(2,3)13(16)19/h4-12H2,1-3H3,(H2,16,19)(H,17,18). The largest absolute Gasteiger partial charge is 0.392 e.